The first-order valence-electron chi connectivity index (χ1n) is 5.68. The SMILES string of the molecule is Cc1cc2c(cc1NC(=O)/C=C/C(=O)O)OCCO2. The average molecular weight is 263 g/mol. The van der Waals surface area contributed by atoms with Gasteiger partial charge in [0.25, 0.3) is 0 Å². The van der Waals surface area contributed by atoms with Crippen LogP contribution >= 0.6 is 0 Å². The second kappa shape index (κ2) is 5.43. The van der Waals surface area contributed by atoms with Gasteiger partial charge in [-0.05, 0) is 18.6 Å². The predicted molar refractivity (Wildman–Crippen MR) is 67.6 cm³/mol. The molecule has 6 heteroatoms. The van der Waals surface area contributed by atoms with E-state index >= 15 is 0 Å². The van der Waals surface area contributed by atoms with Crippen molar-refractivity contribution in [1.82, 2.24) is 0 Å². The van der Waals surface area contributed by atoms with Crippen LogP contribution in [-0.2, 0) is 9.59 Å². The number of carbonyl (C=O) groups is 2. The topological polar surface area (TPSA) is 84.9 Å². The van der Waals surface area contributed by atoms with Gasteiger partial charge in [-0.15, -0.1) is 0 Å². The van der Waals surface area contributed by atoms with Gasteiger partial charge in [-0.3, -0.25) is 4.79 Å². The Hall–Kier alpha value is -2.50. The van der Waals surface area contributed by atoms with E-state index in [1.165, 1.54) is 0 Å². The Morgan fingerprint density at radius 1 is 1.21 bits per heavy atom. The standard InChI is InChI=1S/C13H13NO5/c1-8-6-10-11(19-5-4-18-10)7-9(8)14-12(15)2-3-13(16)17/h2-3,6-7H,4-5H2,1H3,(H,14,15)(H,16,17)/b3-2+. The van der Waals surface area contributed by atoms with Crippen LogP contribution in [0.2, 0.25) is 0 Å². The van der Waals surface area contributed by atoms with Crippen molar-refractivity contribution in [3.05, 3.63) is 29.8 Å². The summed E-state index contributed by atoms with van der Waals surface area (Å²) in [6.07, 6.45) is 1.74. The normalized spacial score (nSPS) is 13.3. The zero-order valence-electron chi connectivity index (χ0n) is 10.3. The van der Waals surface area contributed by atoms with Crippen LogP contribution in [0.1, 0.15) is 5.56 Å². The lowest BCUT2D eigenvalue weighted by Crippen LogP contribution is -2.16. The number of carboxylic acids is 1. The molecule has 0 aromatic heterocycles. The number of nitrogens with one attached hydrogen (secondary N) is 1. The Kier molecular flexibility index (Phi) is 3.70. The summed E-state index contributed by atoms with van der Waals surface area (Å²) in [7, 11) is 0. The fourth-order valence-electron chi connectivity index (χ4n) is 1.65. The zero-order chi connectivity index (χ0) is 13.8. The molecule has 1 aromatic rings. The summed E-state index contributed by atoms with van der Waals surface area (Å²) in [4.78, 5) is 21.8. The second-order valence-corrected chi connectivity index (χ2v) is 3.97. The summed E-state index contributed by atoms with van der Waals surface area (Å²) in [5.74, 6) is -0.478. The molecule has 0 saturated heterocycles. The van der Waals surface area contributed by atoms with E-state index in [-0.39, 0.29) is 0 Å². The zero-order valence-corrected chi connectivity index (χ0v) is 10.3. The summed E-state index contributed by atoms with van der Waals surface area (Å²) in [6, 6.07) is 3.43. The van der Waals surface area contributed by atoms with E-state index in [1.807, 2.05) is 6.92 Å². The summed E-state index contributed by atoms with van der Waals surface area (Å²) in [5.41, 5.74) is 1.37. The molecule has 2 rings (SSSR count). The van der Waals surface area contributed by atoms with Gasteiger partial charge in [0.2, 0.25) is 5.91 Å². The molecule has 19 heavy (non-hydrogen) atoms. The van der Waals surface area contributed by atoms with Crippen LogP contribution in [0.5, 0.6) is 11.5 Å². The van der Waals surface area contributed by atoms with Crippen LogP contribution in [0.15, 0.2) is 24.3 Å². The molecule has 1 aromatic carbocycles. The average Bonchev–Trinajstić information content (AvgIpc) is 2.37. The maximum absolute atomic E-state index is 11.5. The number of hydrogen-bond acceptors (Lipinski definition) is 4. The Balaban J connectivity index is 2.16. The Labute approximate surface area is 109 Å². The first-order valence-corrected chi connectivity index (χ1v) is 5.68. The number of anilines is 1. The molecule has 0 bridgehead atoms. The molecule has 100 valence electrons. The van der Waals surface area contributed by atoms with Crippen molar-refractivity contribution in [2.24, 2.45) is 0 Å². The Morgan fingerprint density at radius 3 is 2.47 bits per heavy atom. The monoisotopic (exact) mass is 263 g/mol. The highest BCUT2D eigenvalue weighted by Gasteiger charge is 2.14. The first-order chi connectivity index (χ1) is 9.06. The van der Waals surface area contributed by atoms with Crippen LogP contribution in [0.3, 0.4) is 0 Å². The lowest BCUT2D eigenvalue weighted by molar-refractivity contribution is -0.131. The molecule has 6 nitrogen and oxygen atoms in total. The molecule has 0 atom stereocenters. The molecule has 0 saturated carbocycles. The van der Waals surface area contributed by atoms with E-state index in [4.69, 9.17) is 14.6 Å². The minimum absolute atomic E-state index is 0.461. The number of carboxylic acid groups (broad SMARTS) is 1. The summed E-state index contributed by atoms with van der Waals surface area (Å²) in [5, 5.41) is 11.0. The number of fused-ring (bicyclic) bond motifs is 1. The number of ether oxygens (including phenoxy) is 2. The van der Waals surface area contributed by atoms with Gasteiger partial charge in [0.05, 0.1) is 0 Å². The molecule has 2 N–H and O–H groups in total. The third-order valence-corrected chi connectivity index (χ3v) is 2.52. The van der Waals surface area contributed by atoms with Crippen LogP contribution in [0.25, 0.3) is 0 Å². The molecule has 1 aliphatic rings. The Morgan fingerprint density at radius 2 is 1.84 bits per heavy atom. The number of hydrogen-bond donors (Lipinski definition) is 2. The molecule has 0 spiro atoms. The van der Waals surface area contributed by atoms with Gasteiger partial charge < -0.3 is 19.9 Å². The molecule has 0 radical (unpaired) electrons. The van der Waals surface area contributed by atoms with Gasteiger partial charge in [0, 0.05) is 23.9 Å². The molecular weight excluding hydrogens is 250 g/mol. The van der Waals surface area contributed by atoms with Crippen molar-refractivity contribution in [3.63, 3.8) is 0 Å². The smallest absolute Gasteiger partial charge is 0.328 e. The molecule has 1 amide bonds. The van der Waals surface area contributed by atoms with Gasteiger partial charge in [-0.25, -0.2) is 4.79 Å². The molecular formula is C13H13NO5. The summed E-state index contributed by atoms with van der Waals surface area (Å²) >= 11 is 0. The van der Waals surface area contributed by atoms with E-state index < -0.39 is 11.9 Å². The van der Waals surface area contributed by atoms with Crippen LogP contribution in [0.4, 0.5) is 5.69 Å². The highest BCUT2D eigenvalue weighted by atomic mass is 16.6. The van der Waals surface area contributed by atoms with Crippen molar-refractivity contribution in [2.75, 3.05) is 18.5 Å². The van der Waals surface area contributed by atoms with Crippen LogP contribution in [0, 0.1) is 6.92 Å². The van der Waals surface area contributed by atoms with E-state index in [0.717, 1.165) is 17.7 Å². The fraction of sp³-hybridized carbons (Fsp3) is 0.231. The lowest BCUT2D eigenvalue weighted by Gasteiger charge is -2.20. The number of aryl methyl sites for hydroxylation is 1. The third kappa shape index (κ3) is 3.25. The van der Waals surface area contributed by atoms with Crippen molar-refractivity contribution in [1.29, 1.82) is 0 Å². The lowest BCUT2D eigenvalue weighted by atomic mass is 10.1. The molecule has 0 aliphatic carbocycles. The maximum Gasteiger partial charge on any atom is 0.328 e. The second-order valence-electron chi connectivity index (χ2n) is 3.97. The molecule has 0 unspecified atom stereocenters. The quantitative estimate of drug-likeness (QED) is 0.804. The van der Waals surface area contributed by atoms with Gasteiger partial charge in [-0.2, -0.15) is 0 Å². The van der Waals surface area contributed by atoms with Crippen molar-refractivity contribution in [3.8, 4) is 11.5 Å². The number of rotatable bonds is 3. The fourth-order valence-corrected chi connectivity index (χ4v) is 1.65. The van der Waals surface area contributed by atoms with E-state index in [1.54, 1.807) is 12.1 Å². The first kappa shape index (κ1) is 12.9. The Bertz CT molecular complexity index is 550. The molecule has 1 aliphatic heterocycles. The van der Waals surface area contributed by atoms with Crippen molar-refractivity contribution in [2.45, 2.75) is 6.92 Å². The highest BCUT2D eigenvalue weighted by Crippen LogP contribution is 2.35. The van der Waals surface area contributed by atoms with Gasteiger partial charge in [0.15, 0.2) is 11.5 Å². The number of benzene rings is 1. The number of aliphatic carboxylic acids is 1. The van der Waals surface area contributed by atoms with Crippen LogP contribution in [-0.4, -0.2) is 30.2 Å². The number of amides is 1. The van der Waals surface area contributed by atoms with Gasteiger partial charge >= 0.3 is 5.97 Å². The molecule has 0 fully saturated rings. The largest absolute Gasteiger partial charge is 0.486 e. The van der Waals surface area contributed by atoms with Crippen molar-refractivity contribution >= 4 is 17.6 Å². The van der Waals surface area contributed by atoms with E-state index in [0.29, 0.717) is 30.4 Å². The summed E-state index contributed by atoms with van der Waals surface area (Å²) in [6.45, 7) is 2.77. The number of carbonyl (C=O) groups excluding carboxylic acids is 1. The minimum atomic E-state index is -1.17. The minimum Gasteiger partial charge on any atom is -0.486 e. The van der Waals surface area contributed by atoms with Crippen molar-refractivity contribution < 1.29 is 24.2 Å². The van der Waals surface area contributed by atoms with Gasteiger partial charge in [0.1, 0.15) is 13.2 Å². The predicted octanol–water partition coefficient (Wildman–Crippen LogP) is 1.35. The van der Waals surface area contributed by atoms with E-state index in [2.05, 4.69) is 5.32 Å². The maximum atomic E-state index is 11.5. The van der Waals surface area contributed by atoms with Gasteiger partial charge in [-0.1, -0.05) is 0 Å². The van der Waals surface area contributed by atoms with E-state index in [9.17, 15) is 9.59 Å². The highest BCUT2D eigenvalue weighted by molar-refractivity contribution is 6.02. The summed E-state index contributed by atoms with van der Waals surface area (Å²) < 4.78 is 10.8. The molecule has 1 heterocycles. The van der Waals surface area contributed by atoms with Crippen LogP contribution < -0.4 is 14.8 Å². The third-order valence-electron chi connectivity index (χ3n) is 2.52.